The van der Waals surface area contributed by atoms with Gasteiger partial charge in [0.05, 0.1) is 7.11 Å². The summed E-state index contributed by atoms with van der Waals surface area (Å²) in [5, 5.41) is 0. The molecule has 0 heterocycles. The molecule has 4 heteroatoms. The van der Waals surface area contributed by atoms with E-state index in [2.05, 4.69) is 0 Å². The fourth-order valence-corrected chi connectivity index (χ4v) is 1.56. The average molecular weight is 247 g/mol. The van der Waals surface area contributed by atoms with Crippen molar-refractivity contribution in [2.24, 2.45) is 5.73 Å². The smallest absolute Gasteiger partial charge is 0.135 e. The minimum absolute atomic E-state index is 0.299. The lowest BCUT2D eigenvalue weighted by molar-refractivity contribution is 0.408. The number of hydrogen-bond donors (Lipinski definition) is 1. The molecule has 2 aromatic rings. The Morgan fingerprint density at radius 1 is 1.06 bits per heavy atom. The first-order valence-corrected chi connectivity index (χ1v) is 5.53. The van der Waals surface area contributed by atoms with Crippen LogP contribution in [0.1, 0.15) is 5.56 Å². The molecule has 0 amide bonds. The fraction of sp³-hybridized carbons (Fsp3) is 0.143. The van der Waals surface area contributed by atoms with Gasteiger partial charge in [-0.05, 0) is 30.3 Å². The van der Waals surface area contributed by atoms with Gasteiger partial charge in [0.2, 0.25) is 0 Å². The summed E-state index contributed by atoms with van der Waals surface area (Å²) < 4.78 is 23.6. The maximum atomic E-state index is 12.8. The molecule has 0 aliphatic carbocycles. The van der Waals surface area contributed by atoms with E-state index in [1.807, 2.05) is 12.1 Å². The maximum Gasteiger partial charge on any atom is 0.135 e. The zero-order valence-corrected chi connectivity index (χ0v) is 10.0. The highest BCUT2D eigenvalue weighted by molar-refractivity contribution is 5.43. The van der Waals surface area contributed by atoms with Crippen molar-refractivity contribution in [2.45, 2.75) is 6.54 Å². The molecule has 0 saturated carbocycles. The molecule has 2 aromatic carbocycles. The van der Waals surface area contributed by atoms with Gasteiger partial charge in [-0.2, -0.15) is 0 Å². The first-order chi connectivity index (χ1) is 8.72. The molecular weight excluding hydrogens is 233 g/mol. The van der Waals surface area contributed by atoms with Crippen LogP contribution in [-0.2, 0) is 6.54 Å². The Labute approximate surface area is 105 Å². The Balaban J connectivity index is 2.29. The minimum atomic E-state index is -0.299. The van der Waals surface area contributed by atoms with Gasteiger partial charge in [0.25, 0.3) is 0 Å². The number of ether oxygens (including phenoxy) is 2. The standard InChI is InChI=1S/C14H14FNO2/c1-17-13-5-2-10(9-16)14(8-13)18-12-6-3-11(15)4-7-12/h2-8H,9,16H2,1H3. The third kappa shape index (κ3) is 2.78. The highest BCUT2D eigenvalue weighted by Gasteiger charge is 2.06. The predicted molar refractivity (Wildman–Crippen MR) is 67.4 cm³/mol. The second-order valence-corrected chi connectivity index (χ2v) is 3.73. The summed E-state index contributed by atoms with van der Waals surface area (Å²) in [5.74, 6) is 1.55. The Morgan fingerprint density at radius 2 is 1.72 bits per heavy atom. The molecule has 94 valence electrons. The summed E-state index contributed by atoms with van der Waals surface area (Å²) in [6.45, 7) is 0.362. The van der Waals surface area contributed by atoms with Crippen LogP contribution in [0, 0.1) is 5.82 Å². The molecule has 0 atom stereocenters. The van der Waals surface area contributed by atoms with Gasteiger partial charge in [-0.15, -0.1) is 0 Å². The number of rotatable bonds is 4. The van der Waals surface area contributed by atoms with Gasteiger partial charge in [-0.25, -0.2) is 4.39 Å². The van der Waals surface area contributed by atoms with Crippen molar-refractivity contribution in [3.63, 3.8) is 0 Å². The van der Waals surface area contributed by atoms with Crippen LogP contribution in [0.2, 0.25) is 0 Å². The summed E-state index contributed by atoms with van der Waals surface area (Å²) in [6, 6.07) is 11.2. The van der Waals surface area contributed by atoms with Gasteiger partial charge in [-0.1, -0.05) is 6.07 Å². The van der Waals surface area contributed by atoms with Crippen molar-refractivity contribution in [1.82, 2.24) is 0 Å². The van der Waals surface area contributed by atoms with E-state index < -0.39 is 0 Å². The Kier molecular flexibility index (Phi) is 3.79. The largest absolute Gasteiger partial charge is 0.497 e. The van der Waals surface area contributed by atoms with E-state index in [4.69, 9.17) is 15.2 Å². The molecule has 3 nitrogen and oxygen atoms in total. The van der Waals surface area contributed by atoms with Crippen molar-refractivity contribution < 1.29 is 13.9 Å². The predicted octanol–water partition coefficient (Wildman–Crippen LogP) is 3.09. The van der Waals surface area contributed by atoms with Crippen LogP contribution >= 0.6 is 0 Å². The lowest BCUT2D eigenvalue weighted by atomic mass is 10.2. The summed E-state index contributed by atoms with van der Waals surface area (Å²) in [7, 11) is 1.58. The molecular formula is C14H14FNO2. The van der Waals surface area contributed by atoms with Gasteiger partial charge >= 0.3 is 0 Å². The average Bonchev–Trinajstić information content (AvgIpc) is 2.41. The first kappa shape index (κ1) is 12.4. The lowest BCUT2D eigenvalue weighted by Crippen LogP contribution is -2.00. The summed E-state index contributed by atoms with van der Waals surface area (Å²) >= 11 is 0. The molecule has 0 radical (unpaired) electrons. The molecule has 0 fully saturated rings. The molecule has 0 unspecified atom stereocenters. The summed E-state index contributed by atoms with van der Waals surface area (Å²) in [6.07, 6.45) is 0. The quantitative estimate of drug-likeness (QED) is 0.903. The molecule has 2 N–H and O–H groups in total. The molecule has 18 heavy (non-hydrogen) atoms. The highest BCUT2D eigenvalue weighted by Crippen LogP contribution is 2.29. The topological polar surface area (TPSA) is 44.5 Å². The second-order valence-electron chi connectivity index (χ2n) is 3.73. The Morgan fingerprint density at radius 3 is 2.33 bits per heavy atom. The third-order valence-electron chi connectivity index (χ3n) is 2.54. The number of hydrogen-bond acceptors (Lipinski definition) is 3. The first-order valence-electron chi connectivity index (χ1n) is 5.53. The zero-order valence-electron chi connectivity index (χ0n) is 10.0. The molecule has 0 saturated heterocycles. The zero-order chi connectivity index (χ0) is 13.0. The van der Waals surface area contributed by atoms with E-state index >= 15 is 0 Å². The van der Waals surface area contributed by atoms with Crippen LogP contribution in [0.5, 0.6) is 17.2 Å². The van der Waals surface area contributed by atoms with Crippen LogP contribution in [0.15, 0.2) is 42.5 Å². The molecule has 0 bridgehead atoms. The fourth-order valence-electron chi connectivity index (χ4n) is 1.56. The van der Waals surface area contributed by atoms with Gasteiger partial charge < -0.3 is 15.2 Å². The lowest BCUT2D eigenvalue weighted by Gasteiger charge is -2.11. The van der Waals surface area contributed by atoms with E-state index in [0.717, 1.165) is 5.56 Å². The number of benzene rings is 2. The molecule has 2 rings (SSSR count). The summed E-state index contributed by atoms with van der Waals surface area (Å²) in [5.41, 5.74) is 6.50. The van der Waals surface area contributed by atoms with Crippen molar-refractivity contribution in [2.75, 3.05) is 7.11 Å². The molecule has 0 aliphatic heterocycles. The van der Waals surface area contributed by atoms with Gasteiger partial charge in [0.1, 0.15) is 23.1 Å². The van der Waals surface area contributed by atoms with Gasteiger partial charge in [-0.3, -0.25) is 0 Å². The van der Waals surface area contributed by atoms with E-state index in [0.29, 0.717) is 23.8 Å². The Hall–Kier alpha value is -2.07. The van der Waals surface area contributed by atoms with E-state index in [-0.39, 0.29) is 5.82 Å². The summed E-state index contributed by atoms with van der Waals surface area (Å²) in [4.78, 5) is 0. The monoisotopic (exact) mass is 247 g/mol. The molecule has 0 aromatic heterocycles. The van der Waals surface area contributed by atoms with E-state index in [1.165, 1.54) is 12.1 Å². The minimum Gasteiger partial charge on any atom is -0.497 e. The number of methoxy groups -OCH3 is 1. The second kappa shape index (κ2) is 5.51. The van der Waals surface area contributed by atoms with E-state index in [9.17, 15) is 4.39 Å². The van der Waals surface area contributed by atoms with Crippen molar-refractivity contribution in [3.8, 4) is 17.2 Å². The number of halogens is 1. The molecule has 0 aliphatic rings. The van der Waals surface area contributed by atoms with Gasteiger partial charge in [0, 0.05) is 18.2 Å². The number of nitrogens with two attached hydrogens (primary N) is 1. The maximum absolute atomic E-state index is 12.8. The van der Waals surface area contributed by atoms with Crippen molar-refractivity contribution in [1.29, 1.82) is 0 Å². The van der Waals surface area contributed by atoms with Crippen LogP contribution in [-0.4, -0.2) is 7.11 Å². The highest BCUT2D eigenvalue weighted by atomic mass is 19.1. The Bertz CT molecular complexity index is 526. The normalized spacial score (nSPS) is 10.2. The van der Waals surface area contributed by atoms with E-state index in [1.54, 1.807) is 25.3 Å². The SMILES string of the molecule is COc1ccc(CN)c(Oc2ccc(F)cc2)c1. The van der Waals surface area contributed by atoms with Gasteiger partial charge in [0.15, 0.2) is 0 Å². The molecule has 0 spiro atoms. The third-order valence-corrected chi connectivity index (χ3v) is 2.54. The van der Waals surface area contributed by atoms with Crippen LogP contribution < -0.4 is 15.2 Å². The van der Waals surface area contributed by atoms with Crippen LogP contribution in [0.4, 0.5) is 4.39 Å². The van der Waals surface area contributed by atoms with Crippen LogP contribution in [0.3, 0.4) is 0 Å². The van der Waals surface area contributed by atoms with Crippen molar-refractivity contribution >= 4 is 0 Å². The van der Waals surface area contributed by atoms with Crippen LogP contribution in [0.25, 0.3) is 0 Å². The van der Waals surface area contributed by atoms with Crippen molar-refractivity contribution in [3.05, 3.63) is 53.8 Å².